The molecule has 7 nitrogen and oxygen atoms in total. The number of hydrogen-bond acceptors (Lipinski definition) is 6. The van der Waals surface area contributed by atoms with Gasteiger partial charge >= 0.3 is 0 Å². The van der Waals surface area contributed by atoms with Crippen LogP contribution in [0.4, 0.5) is 0 Å². The molecule has 0 aromatic carbocycles. The lowest BCUT2D eigenvalue weighted by Crippen LogP contribution is -2.25. The smallest absolute Gasteiger partial charge is 0.234 e. The van der Waals surface area contributed by atoms with Crippen LogP contribution in [-0.4, -0.2) is 31.4 Å². The molecule has 0 unspecified atom stereocenters. The molecule has 2 aromatic heterocycles. The second-order valence-electron chi connectivity index (χ2n) is 5.59. The van der Waals surface area contributed by atoms with Crippen LogP contribution in [0.25, 0.3) is 11.4 Å². The number of nitrogens with zero attached hydrogens (tertiary/aromatic N) is 5. The van der Waals surface area contributed by atoms with Crippen molar-refractivity contribution in [2.75, 3.05) is 5.75 Å². The van der Waals surface area contributed by atoms with Gasteiger partial charge in [-0.25, -0.2) is 4.98 Å². The maximum absolute atomic E-state index is 12.1. The topological polar surface area (TPSA) is 96.5 Å². The Morgan fingerprint density at radius 1 is 1.42 bits per heavy atom. The number of thioether (sulfide) groups is 1. The predicted molar refractivity (Wildman–Crippen MR) is 99.0 cm³/mol. The summed E-state index contributed by atoms with van der Waals surface area (Å²) in [4.78, 5) is 16.2. The molecule has 0 saturated carbocycles. The van der Waals surface area contributed by atoms with Gasteiger partial charge in [0.25, 0.3) is 0 Å². The van der Waals surface area contributed by atoms with E-state index in [1.54, 1.807) is 18.3 Å². The third-order valence-corrected chi connectivity index (χ3v) is 4.78. The summed E-state index contributed by atoms with van der Waals surface area (Å²) in [5, 5.41) is 20.9. The first kappa shape index (κ1) is 17.9. The number of hydrogen-bond donors (Lipinski definition) is 1. The van der Waals surface area contributed by atoms with Crippen LogP contribution in [0.3, 0.4) is 0 Å². The third kappa shape index (κ3) is 4.18. The molecule has 0 spiro atoms. The lowest BCUT2D eigenvalue weighted by atomic mass is 10.1. The number of rotatable bonds is 6. The second kappa shape index (κ2) is 8.45. The van der Waals surface area contributed by atoms with E-state index in [9.17, 15) is 4.79 Å². The lowest BCUT2D eigenvalue weighted by molar-refractivity contribution is -0.117. The van der Waals surface area contributed by atoms with Gasteiger partial charge in [0.2, 0.25) is 5.91 Å². The maximum Gasteiger partial charge on any atom is 0.234 e. The van der Waals surface area contributed by atoms with Crippen molar-refractivity contribution >= 4 is 17.7 Å². The van der Waals surface area contributed by atoms with Gasteiger partial charge in [-0.15, -0.1) is 10.2 Å². The molecule has 0 fully saturated rings. The lowest BCUT2D eigenvalue weighted by Gasteiger charge is -2.11. The fraction of sp³-hybridized carbons (Fsp3) is 0.278. The molecule has 132 valence electrons. The van der Waals surface area contributed by atoms with Crippen molar-refractivity contribution in [3.63, 3.8) is 0 Å². The van der Waals surface area contributed by atoms with Gasteiger partial charge in [0.15, 0.2) is 11.0 Å². The van der Waals surface area contributed by atoms with Gasteiger partial charge in [0.1, 0.15) is 11.8 Å². The zero-order chi connectivity index (χ0) is 18.4. The maximum atomic E-state index is 12.1. The van der Waals surface area contributed by atoms with Gasteiger partial charge in [0.05, 0.1) is 5.75 Å². The van der Waals surface area contributed by atoms with Crippen LogP contribution >= 0.6 is 11.8 Å². The van der Waals surface area contributed by atoms with Crippen LogP contribution in [0.1, 0.15) is 25.5 Å². The third-order valence-electron chi connectivity index (χ3n) is 3.82. The Balaban J connectivity index is 1.67. The van der Waals surface area contributed by atoms with Crippen molar-refractivity contribution in [1.29, 1.82) is 5.26 Å². The van der Waals surface area contributed by atoms with Crippen LogP contribution in [0.2, 0.25) is 0 Å². The zero-order valence-electron chi connectivity index (χ0n) is 14.3. The fourth-order valence-electron chi connectivity index (χ4n) is 2.54. The Morgan fingerprint density at radius 3 is 2.96 bits per heavy atom. The summed E-state index contributed by atoms with van der Waals surface area (Å²) >= 11 is 1.35. The van der Waals surface area contributed by atoms with Gasteiger partial charge in [-0.2, -0.15) is 5.26 Å². The summed E-state index contributed by atoms with van der Waals surface area (Å²) in [5.41, 5.74) is 2.09. The Morgan fingerprint density at radius 2 is 2.31 bits per heavy atom. The minimum atomic E-state index is -0.0520. The highest BCUT2D eigenvalue weighted by Crippen LogP contribution is 2.23. The number of amides is 1. The van der Waals surface area contributed by atoms with Crippen LogP contribution in [0.5, 0.6) is 0 Å². The Kier molecular flexibility index (Phi) is 5.81. The van der Waals surface area contributed by atoms with E-state index in [4.69, 9.17) is 5.26 Å². The number of allylic oxidation sites excluding steroid dienone is 4. The molecule has 1 aliphatic rings. The minimum absolute atomic E-state index is 0.0520. The molecule has 8 heteroatoms. The van der Waals surface area contributed by atoms with Crippen molar-refractivity contribution in [1.82, 2.24) is 25.1 Å². The van der Waals surface area contributed by atoms with E-state index < -0.39 is 0 Å². The summed E-state index contributed by atoms with van der Waals surface area (Å²) in [6, 6.07) is 5.44. The highest BCUT2D eigenvalue weighted by atomic mass is 32.2. The molecule has 2 aromatic rings. The van der Waals surface area contributed by atoms with Crippen LogP contribution in [-0.2, 0) is 11.3 Å². The summed E-state index contributed by atoms with van der Waals surface area (Å²) in [6.07, 6.45) is 9.38. The molecule has 1 aliphatic carbocycles. The van der Waals surface area contributed by atoms with Gasteiger partial charge in [-0.1, -0.05) is 23.9 Å². The van der Waals surface area contributed by atoms with E-state index in [1.807, 2.05) is 29.7 Å². The molecule has 0 aliphatic heterocycles. The summed E-state index contributed by atoms with van der Waals surface area (Å²) in [5.74, 6) is 0.890. The van der Waals surface area contributed by atoms with Crippen LogP contribution in [0.15, 0.2) is 47.4 Å². The standard InChI is InChI=1S/C18H18N6OS/c1-2-24-17(13-8-9-15(10-19)20-11-13)22-23-18(24)26-12-16(25)21-14-6-4-3-5-7-14/h3-4,6,8-9,11H,2,5,7,12H2,1H3,(H,21,25). The van der Waals surface area contributed by atoms with Crippen molar-refractivity contribution in [2.24, 2.45) is 0 Å². The minimum Gasteiger partial charge on any atom is -0.329 e. The first-order valence-corrected chi connectivity index (χ1v) is 9.28. The van der Waals surface area contributed by atoms with E-state index in [2.05, 4.69) is 26.6 Å². The SMILES string of the molecule is CCn1c(SCC(=O)NC2=CC=CCC2)nnc1-c1ccc(C#N)nc1. The second-order valence-corrected chi connectivity index (χ2v) is 6.53. The van der Waals surface area contributed by atoms with Gasteiger partial charge < -0.3 is 9.88 Å². The monoisotopic (exact) mass is 366 g/mol. The molecule has 26 heavy (non-hydrogen) atoms. The summed E-state index contributed by atoms with van der Waals surface area (Å²) in [7, 11) is 0. The number of aromatic nitrogens is 4. The van der Waals surface area contributed by atoms with Crippen molar-refractivity contribution < 1.29 is 4.79 Å². The van der Waals surface area contributed by atoms with Crippen molar-refractivity contribution in [3.8, 4) is 17.5 Å². The Hall–Kier alpha value is -2.92. The normalized spacial score (nSPS) is 13.2. The molecule has 0 bridgehead atoms. The van der Waals surface area contributed by atoms with Gasteiger partial charge in [-0.05, 0) is 38.0 Å². The molecule has 3 rings (SSSR count). The number of nitriles is 1. The average Bonchev–Trinajstić information content (AvgIpc) is 3.10. The Labute approximate surface area is 155 Å². The molecule has 0 saturated heterocycles. The first-order chi connectivity index (χ1) is 12.7. The number of nitrogens with one attached hydrogen (secondary N) is 1. The van der Waals surface area contributed by atoms with E-state index >= 15 is 0 Å². The summed E-state index contributed by atoms with van der Waals surface area (Å²) < 4.78 is 1.93. The van der Waals surface area contributed by atoms with E-state index in [0.29, 0.717) is 23.2 Å². The summed E-state index contributed by atoms with van der Waals surface area (Å²) in [6.45, 7) is 2.66. The molecule has 0 atom stereocenters. The largest absolute Gasteiger partial charge is 0.329 e. The highest BCUT2D eigenvalue weighted by Gasteiger charge is 2.15. The number of pyridine rings is 1. The molecule has 1 amide bonds. The molecule has 0 radical (unpaired) electrons. The first-order valence-electron chi connectivity index (χ1n) is 8.29. The fourth-order valence-corrected chi connectivity index (χ4v) is 3.34. The van der Waals surface area contributed by atoms with Crippen LogP contribution < -0.4 is 5.32 Å². The van der Waals surface area contributed by atoms with Gasteiger partial charge in [0, 0.05) is 24.0 Å². The van der Waals surface area contributed by atoms with Gasteiger partial charge in [-0.3, -0.25) is 4.79 Å². The molecular formula is C18H18N6OS. The molecule has 2 heterocycles. The highest BCUT2D eigenvalue weighted by molar-refractivity contribution is 7.99. The van der Waals surface area contributed by atoms with Crippen LogP contribution in [0, 0.1) is 11.3 Å². The van der Waals surface area contributed by atoms with Crippen molar-refractivity contribution in [3.05, 3.63) is 47.9 Å². The average molecular weight is 366 g/mol. The van der Waals surface area contributed by atoms with E-state index in [1.165, 1.54) is 11.8 Å². The number of carbonyl (C=O) groups is 1. The predicted octanol–water partition coefficient (Wildman–Crippen LogP) is 2.67. The quantitative estimate of drug-likeness (QED) is 0.790. The zero-order valence-corrected chi connectivity index (χ0v) is 15.2. The molecular weight excluding hydrogens is 348 g/mol. The molecule has 1 N–H and O–H groups in total. The Bertz CT molecular complexity index is 891. The van der Waals surface area contributed by atoms with E-state index in [-0.39, 0.29) is 11.7 Å². The van der Waals surface area contributed by atoms with Crippen molar-refractivity contribution in [2.45, 2.75) is 31.5 Å². The van der Waals surface area contributed by atoms with E-state index in [0.717, 1.165) is 24.1 Å². The number of carbonyl (C=O) groups excluding carboxylic acids is 1.